The van der Waals surface area contributed by atoms with Crippen LogP contribution in [0.3, 0.4) is 0 Å². The van der Waals surface area contributed by atoms with Crippen LogP contribution in [0.5, 0.6) is 0 Å². The van der Waals surface area contributed by atoms with Crippen molar-refractivity contribution in [2.24, 2.45) is 0 Å². The highest BCUT2D eigenvalue weighted by molar-refractivity contribution is 7.89. The molecule has 17 heavy (non-hydrogen) atoms. The molecule has 1 heterocycles. The zero-order valence-corrected chi connectivity index (χ0v) is 11.0. The second kappa shape index (κ2) is 4.94. The SMILES string of the molecule is CC1OCCCN1S(=O)(=O)c1ccccc1Cl. The van der Waals surface area contributed by atoms with Gasteiger partial charge in [-0.3, -0.25) is 0 Å². The van der Waals surface area contributed by atoms with E-state index in [4.69, 9.17) is 16.3 Å². The molecule has 1 aliphatic heterocycles. The summed E-state index contributed by atoms with van der Waals surface area (Å²) in [5.74, 6) is 0. The second-order valence-corrected chi connectivity index (χ2v) is 6.14. The van der Waals surface area contributed by atoms with Gasteiger partial charge in [-0.1, -0.05) is 23.7 Å². The van der Waals surface area contributed by atoms with Gasteiger partial charge in [0, 0.05) is 13.2 Å². The molecule has 0 aliphatic carbocycles. The van der Waals surface area contributed by atoms with Crippen molar-refractivity contribution in [1.29, 1.82) is 0 Å². The summed E-state index contributed by atoms with van der Waals surface area (Å²) in [7, 11) is -3.57. The fourth-order valence-corrected chi connectivity index (χ4v) is 3.90. The topological polar surface area (TPSA) is 46.6 Å². The first-order chi connectivity index (χ1) is 8.03. The number of nitrogens with zero attached hydrogens (tertiary/aromatic N) is 1. The predicted octanol–water partition coefficient (Wildman–Crippen LogP) is 2.10. The van der Waals surface area contributed by atoms with Gasteiger partial charge < -0.3 is 4.74 Å². The third-order valence-electron chi connectivity index (χ3n) is 2.71. The van der Waals surface area contributed by atoms with Gasteiger partial charge in [-0.15, -0.1) is 0 Å². The molecule has 0 aromatic heterocycles. The van der Waals surface area contributed by atoms with Crippen molar-refractivity contribution in [3.05, 3.63) is 29.3 Å². The van der Waals surface area contributed by atoms with Crippen LogP contribution >= 0.6 is 11.6 Å². The lowest BCUT2D eigenvalue weighted by Gasteiger charge is -2.32. The molecule has 4 nitrogen and oxygen atoms in total. The minimum atomic E-state index is -3.57. The Morgan fingerprint density at radius 1 is 1.41 bits per heavy atom. The van der Waals surface area contributed by atoms with Gasteiger partial charge in [0.15, 0.2) is 0 Å². The van der Waals surface area contributed by atoms with E-state index in [-0.39, 0.29) is 9.92 Å². The standard InChI is InChI=1S/C11H14ClNO3S/c1-9-13(7-4-8-16-9)17(14,15)11-6-3-2-5-10(11)12/h2-3,5-6,9H,4,7-8H2,1H3. The van der Waals surface area contributed by atoms with Crippen LogP contribution in [0.1, 0.15) is 13.3 Å². The highest BCUT2D eigenvalue weighted by Gasteiger charge is 2.32. The van der Waals surface area contributed by atoms with E-state index in [0.29, 0.717) is 19.6 Å². The smallest absolute Gasteiger partial charge is 0.246 e. The lowest BCUT2D eigenvalue weighted by molar-refractivity contribution is -0.0410. The fourth-order valence-electron chi connectivity index (χ4n) is 1.84. The quantitative estimate of drug-likeness (QED) is 0.830. The van der Waals surface area contributed by atoms with E-state index in [1.54, 1.807) is 25.1 Å². The van der Waals surface area contributed by atoms with E-state index in [1.165, 1.54) is 10.4 Å². The van der Waals surface area contributed by atoms with Gasteiger partial charge in [-0.2, -0.15) is 4.31 Å². The van der Waals surface area contributed by atoms with Gasteiger partial charge in [-0.05, 0) is 25.5 Å². The van der Waals surface area contributed by atoms with Crippen LogP contribution in [0.4, 0.5) is 0 Å². The van der Waals surface area contributed by atoms with Crippen LogP contribution < -0.4 is 0 Å². The Balaban J connectivity index is 2.39. The van der Waals surface area contributed by atoms with Gasteiger partial charge >= 0.3 is 0 Å². The Labute approximate surface area is 106 Å². The van der Waals surface area contributed by atoms with E-state index in [0.717, 1.165) is 0 Å². The molecule has 0 radical (unpaired) electrons. The Hall–Kier alpha value is -0.620. The summed E-state index contributed by atoms with van der Waals surface area (Å²) in [4.78, 5) is 0.138. The zero-order valence-electron chi connectivity index (χ0n) is 9.47. The Bertz CT molecular complexity index is 503. The van der Waals surface area contributed by atoms with Crippen LogP contribution in [0.2, 0.25) is 5.02 Å². The van der Waals surface area contributed by atoms with Gasteiger partial charge in [0.25, 0.3) is 0 Å². The molecule has 1 aromatic carbocycles. The average molecular weight is 276 g/mol. The highest BCUT2D eigenvalue weighted by atomic mass is 35.5. The number of halogens is 1. The molecule has 0 bridgehead atoms. The second-order valence-electron chi connectivity index (χ2n) is 3.87. The molecular weight excluding hydrogens is 262 g/mol. The van der Waals surface area contributed by atoms with Crippen molar-refractivity contribution in [3.8, 4) is 0 Å². The van der Waals surface area contributed by atoms with Gasteiger partial charge in [0.1, 0.15) is 11.1 Å². The number of hydrogen-bond donors (Lipinski definition) is 0. The molecular formula is C11H14ClNO3S. The summed E-state index contributed by atoms with van der Waals surface area (Å²) < 4.78 is 31.4. The first kappa shape index (κ1) is 12.8. The molecule has 0 saturated carbocycles. The number of hydrogen-bond acceptors (Lipinski definition) is 3. The summed E-state index contributed by atoms with van der Waals surface area (Å²) in [6, 6.07) is 6.45. The van der Waals surface area contributed by atoms with Crippen LogP contribution in [0, 0.1) is 0 Å². The predicted molar refractivity (Wildman–Crippen MR) is 65.4 cm³/mol. The molecule has 1 aromatic rings. The molecule has 0 N–H and O–H groups in total. The molecule has 94 valence electrons. The molecule has 1 fully saturated rings. The molecule has 6 heteroatoms. The Morgan fingerprint density at radius 3 is 2.76 bits per heavy atom. The maximum Gasteiger partial charge on any atom is 0.246 e. The first-order valence-corrected chi connectivity index (χ1v) is 7.23. The Morgan fingerprint density at radius 2 is 2.12 bits per heavy atom. The largest absolute Gasteiger partial charge is 0.362 e. The molecule has 0 amide bonds. The van der Waals surface area contributed by atoms with Crippen molar-refractivity contribution in [1.82, 2.24) is 4.31 Å². The van der Waals surface area contributed by atoms with Crippen LogP contribution in [0.25, 0.3) is 0 Å². The van der Waals surface area contributed by atoms with E-state index in [9.17, 15) is 8.42 Å². The van der Waals surface area contributed by atoms with Crippen molar-refractivity contribution in [3.63, 3.8) is 0 Å². The summed E-state index contributed by atoms with van der Waals surface area (Å²) in [5.41, 5.74) is 0. The first-order valence-electron chi connectivity index (χ1n) is 5.41. The van der Waals surface area contributed by atoms with Gasteiger partial charge in [-0.25, -0.2) is 8.42 Å². The van der Waals surface area contributed by atoms with Gasteiger partial charge in [0.2, 0.25) is 10.0 Å². The number of sulfonamides is 1. The van der Waals surface area contributed by atoms with E-state index < -0.39 is 16.3 Å². The molecule has 0 spiro atoms. The van der Waals surface area contributed by atoms with Crippen molar-refractivity contribution < 1.29 is 13.2 Å². The fraction of sp³-hybridized carbons (Fsp3) is 0.455. The molecule has 1 unspecified atom stereocenters. The summed E-state index contributed by atoms with van der Waals surface area (Å²) in [6.07, 6.45) is 0.263. The van der Waals surface area contributed by atoms with E-state index in [2.05, 4.69) is 0 Å². The summed E-state index contributed by atoms with van der Waals surface area (Å²) in [6.45, 7) is 2.79. The van der Waals surface area contributed by atoms with Crippen molar-refractivity contribution in [2.45, 2.75) is 24.5 Å². The maximum atomic E-state index is 12.4. The van der Waals surface area contributed by atoms with Crippen LogP contribution in [-0.4, -0.2) is 32.1 Å². The van der Waals surface area contributed by atoms with E-state index >= 15 is 0 Å². The monoisotopic (exact) mass is 275 g/mol. The number of benzene rings is 1. The maximum absolute atomic E-state index is 12.4. The minimum absolute atomic E-state index is 0.138. The number of ether oxygens (including phenoxy) is 1. The van der Waals surface area contributed by atoms with Crippen molar-refractivity contribution in [2.75, 3.05) is 13.2 Å². The molecule has 1 saturated heterocycles. The molecule has 1 atom stereocenters. The van der Waals surface area contributed by atoms with Gasteiger partial charge in [0.05, 0.1) is 5.02 Å². The highest BCUT2D eigenvalue weighted by Crippen LogP contribution is 2.27. The van der Waals surface area contributed by atoms with Crippen LogP contribution in [0.15, 0.2) is 29.2 Å². The lowest BCUT2D eigenvalue weighted by Crippen LogP contribution is -2.44. The molecule has 1 aliphatic rings. The zero-order chi connectivity index (χ0) is 12.5. The third kappa shape index (κ3) is 2.47. The van der Waals surface area contributed by atoms with E-state index in [1.807, 2.05) is 0 Å². The lowest BCUT2D eigenvalue weighted by atomic mass is 10.4. The minimum Gasteiger partial charge on any atom is -0.362 e. The molecule has 2 rings (SSSR count). The summed E-state index contributed by atoms with van der Waals surface area (Å²) in [5, 5.41) is 0.241. The summed E-state index contributed by atoms with van der Waals surface area (Å²) >= 11 is 5.93. The van der Waals surface area contributed by atoms with Crippen LogP contribution in [-0.2, 0) is 14.8 Å². The average Bonchev–Trinajstić information content (AvgIpc) is 2.29. The normalized spacial score (nSPS) is 22.6. The number of rotatable bonds is 2. The third-order valence-corrected chi connectivity index (χ3v) is 5.16. The Kier molecular flexibility index (Phi) is 3.73. The van der Waals surface area contributed by atoms with Crippen molar-refractivity contribution >= 4 is 21.6 Å².